The Hall–Kier alpha value is -3.69. The lowest BCUT2D eigenvalue weighted by molar-refractivity contribution is -0.384. The highest BCUT2D eigenvalue weighted by atomic mass is 19.1. The molecule has 1 amide bonds. The zero-order valence-electron chi connectivity index (χ0n) is 15.4. The van der Waals surface area contributed by atoms with Gasteiger partial charge < -0.3 is 20.3 Å². The molecule has 1 saturated heterocycles. The molecule has 0 aromatic heterocycles. The largest absolute Gasteiger partial charge is 0.452 e. The number of nitro groups is 1. The number of carbonyl (C=O) groups is 2. The summed E-state index contributed by atoms with van der Waals surface area (Å²) in [6.45, 7) is 1.50. The molecule has 9 nitrogen and oxygen atoms in total. The van der Waals surface area contributed by atoms with Gasteiger partial charge in [0.15, 0.2) is 6.61 Å². The molecule has 1 aliphatic rings. The normalized spacial score (nSPS) is 13.8. The fourth-order valence-corrected chi connectivity index (χ4v) is 3.02. The van der Waals surface area contributed by atoms with Crippen LogP contribution in [0.2, 0.25) is 0 Å². The summed E-state index contributed by atoms with van der Waals surface area (Å²) in [5.74, 6) is -1.70. The molecular weight excluding hydrogens is 383 g/mol. The minimum absolute atomic E-state index is 0.00203. The van der Waals surface area contributed by atoms with Crippen LogP contribution in [0.5, 0.6) is 0 Å². The summed E-state index contributed by atoms with van der Waals surface area (Å²) >= 11 is 0. The van der Waals surface area contributed by atoms with Crippen LogP contribution in [0, 0.1) is 15.9 Å². The number of amides is 1. The second-order valence-electron chi connectivity index (χ2n) is 6.45. The monoisotopic (exact) mass is 402 g/mol. The number of anilines is 2. The van der Waals surface area contributed by atoms with Gasteiger partial charge in [0.05, 0.1) is 10.5 Å². The summed E-state index contributed by atoms with van der Waals surface area (Å²) in [5.41, 5.74) is 6.39. The first-order chi connectivity index (χ1) is 13.8. The number of nitrogens with two attached hydrogens (primary N) is 1. The summed E-state index contributed by atoms with van der Waals surface area (Å²) in [5, 5.41) is 10.7. The number of nitro benzene ring substituents is 1. The fourth-order valence-electron chi connectivity index (χ4n) is 3.02. The first-order valence-corrected chi connectivity index (χ1v) is 8.84. The Morgan fingerprint density at radius 2 is 1.76 bits per heavy atom. The molecule has 29 heavy (non-hydrogen) atoms. The molecule has 2 aromatic rings. The third kappa shape index (κ3) is 4.78. The molecule has 0 bridgehead atoms. The van der Waals surface area contributed by atoms with Crippen LogP contribution in [-0.4, -0.2) is 54.5 Å². The number of rotatable bonds is 5. The zero-order chi connectivity index (χ0) is 21.0. The first kappa shape index (κ1) is 20.1. The van der Waals surface area contributed by atoms with E-state index < -0.39 is 23.3 Å². The summed E-state index contributed by atoms with van der Waals surface area (Å²) in [6.07, 6.45) is 0. The highest BCUT2D eigenvalue weighted by Gasteiger charge is 2.23. The maximum atomic E-state index is 13.1. The molecule has 0 saturated carbocycles. The van der Waals surface area contributed by atoms with Gasteiger partial charge in [0.25, 0.3) is 11.6 Å². The van der Waals surface area contributed by atoms with Gasteiger partial charge >= 0.3 is 5.97 Å². The molecule has 0 atom stereocenters. The zero-order valence-corrected chi connectivity index (χ0v) is 15.4. The van der Waals surface area contributed by atoms with Gasteiger partial charge in [-0.05, 0) is 30.3 Å². The Morgan fingerprint density at radius 3 is 2.34 bits per heavy atom. The number of esters is 1. The topological polar surface area (TPSA) is 119 Å². The van der Waals surface area contributed by atoms with Crippen molar-refractivity contribution in [2.24, 2.45) is 0 Å². The number of carbonyl (C=O) groups excluding carboxylic acids is 2. The minimum atomic E-state index is -0.791. The molecule has 0 unspecified atom stereocenters. The van der Waals surface area contributed by atoms with E-state index in [9.17, 15) is 24.1 Å². The van der Waals surface area contributed by atoms with Crippen LogP contribution in [0.3, 0.4) is 0 Å². The molecule has 0 radical (unpaired) electrons. The van der Waals surface area contributed by atoms with Gasteiger partial charge in [-0.1, -0.05) is 0 Å². The van der Waals surface area contributed by atoms with Crippen molar-refractivity contribution in [2.75, 3.05) is 43.4 Å². The summed E-state index contributed by atoms with van der Waals surface area (Å²) in [4.78, 5) is 38.2. The average molecular weight is 402 g/mol. The summed E-state index contributed by atoms with van der Waals surface area (Å²) in [7, 11) is 0. The van der Waals surface area contributed by atoms with E-state index in [0.717, 1.165) is 17.8 Å². The van der Waals surface area contributed by atoms with Crippen LogP contribution in [0.25, 0.3) is 0 Å². The van der Waals surface area contributed by atoms with E-state index in [-0.39, 0.29) is 22.8 Å². The predicted octanol–water partition coefficient (Wildman–Crippen LogP) is 1.82. The van der Waals surface area contributed by atoms with E-state index in [1.54, 1.807) is 17.0 Å². The van der Waals surface area contributed by atoms with E-state index in [1.165, 1.54) is 18.2 Å². The molecule has 10 heteroatoms. The Labute approximate surface area is 165 Å². The van der Waals surface area contributed by atoms with Gasteiger partial charge in [0.1, 0.15) is 5.82 Å². The molecular formula is C19H19FN4O5. The highest BCUT2D eigenvalue weighted by Crippen LogP contribution is 2.21. The van der Waals surface area contributed by atoms with Crippen LogP contribution in [0.4, 0.5) is 21.5 Å². The predicted molar refractivity (Wildman–Crippen MR) is 103 cm³/mol. The minimum Gasteiger partial charge on any atom is -0.452 e. The molecule has 0 spiro atoms. The smallest absolute Gasteiger partial charge is 0.340 e. The van der Waals surface area contributed by atoms with Crippen molar-refractivity contribution in [3.8, 4) is 0 Å². The molecule has 3 rings (SSSR count). The maximum absolute atomic E-state index is 13.1. The number of halogens is 1. The maximum Gasteiger partial charge on any atom is 0.340 e. The first-order valence-electron chi connectivity index (χ1n) is 8.84. The standard InChI is InChI=1S/C19H19FN4O5/c20-13-1-6-16(17(21)11-13)19(26)29-12-18(25)23-9-7-22(8-10-23)14-2-4-15(5-3-14)24(27)28/h1-6,11H,7-10,12,21H2. The van der Waals surface area contributed by atoms with Crippen molar-refractivity contribution in [3.05, 3.63) is 64.0 Å². The Balaban J connectivity index is 1.49. The second kappa shape index (κ2) is 8.55. The van der Waals surface area contributed by atoms with Crippen LogP contribution in [0.1, 0.15) is 10.4 Å². The highest BCUT2D eigenvalue weighted by molar-refractivity contribution is 5.96. The van der Waals surface area contributed by atoms with Crippen LogP contribution >= 0.6 is 0 Å². The molecule has 2 aromatic carbocycles. The van der Waals surface area contributed by atoms with Crippen LogP contribution in [-0.2, 0) is 9.53 Å². The number of nitrogens with zero attached hydrogens (tertiary/aromatic N) is 3. The van der Waals surface area contributed by atoms with E-state index in [0.29, 0.717) is 26.2 Å². The molecule has 2 N–H and O–H groups in total. The number of hydrogen-bond donors (Lipinski definition) is 1. The van der Waals surface area contributed by atoms with E-state index in [2.05, 4.69) is 0 Å². The second-order valence-corrected chi connectivity index (χ2v) is 6.45. The third-order valence-corrected chi connectivity index (χ3v) is 4.62. The van der Waals surface area contributed by atoms with Crippen LogP contribution < -0.4 is 10.6 Å². The van der Waals surface area contributed by atoms with Gasteiger partial charge in [-0.2, -0.15) is 0 Å². The Morgan fingerprint density at radius 1 is 1.10 bits per heavy atom. The van der Waals surface area contributed by atoms with Crippen molar-refractivity contribution in [1.82, 2.24) is 4.90 Å². The third-order valence-electron chi connectivity index (χ3n) is 4.62. The van der Waals surface area contributed by atoms with Crippen molar-refractivity contribution in [2.45, 2.75) is 0 Å². The van der Waals surface area contributed by atoms with Gasteiger partial charge in [-0.15, -0.1) is 0 Å². The van der Waals surface area contributed by atoms with E-state index >= 15 is 0 Å². The SMILES string of the molecule is Nc1cc(F)ccc1C(=O)OCC(=O)N1CCN(c2ccc([N+](=O)[O-])cc2)CC1. The molecule has 1 fully saturated rings. The molecule has 152 valence electrons. The van der Waals surface area contributed by atoms with Crippen molar-refractivity contribution >= 4 is 28.9 Å². The van der Waals surface area contributed by atoms with E-state index in [1.807, 2.05) is 4.90 Å². The number of hydrogen-bond acceptors (Lipinski definition) is 7. The fraction of sp³-hybridized carbons (Fsp3) is 0.263. The lowest BCUT2D eigenvalue weighted by atomic mass is 10.2. The number of nitrogen functional groups attached to an aromatic ring is 1. The number of non-ortho nitro benzene ring substituents is 1. The number of benzene rings is 2. The van der Waals surface area contributed by atoms with Crippen molar-refractivity contribution < 1.29 is 23.6 Å². The van der Waals surface area contributed by atoms with Crippen LogP contribution in [0.15, 0.2) is 42.5 Å². The summed E-state index contributed by atoms with van der Waals surface area (Å²) in [6, 6.07) is 9.53. The van der Waals surface area contributed by atoms with Crippen molar-refractivity contribution in [3.63, 3.8) is 0 Å². The quantitative estimate of drug-likeness (QED) is 0.351. The lowest BCUT2D eigenvalue weighted by Gasteiger charge is -2.36. The molecule has 1 heterocycles. The average Bonchev–Trinajstić information content (AvgIpc) is 2.72. The van der Waals surface area contributed by atoms with E-state index in [4.69, 9.17) is 10.5 Å². The van der Waals surface area contributed by atoms with Gasteiger partial charge in [-0.25, -0.2) is 9.18 Å². The number of ether oxygens (including phenoxy) is 1. The Bertz CT molecular complexity index is 927. The van der Waals surface area contributed by atoms with Gasteiger partial charge in [-0.3, -0.25) is 14.9 Å². The molecule has 1 aliphatic heterocycles. The lowest BCUT2D eigenvalue weighted by Crippen LogP contribution is -2.49. The molecule has 0 aliphatic carbocycles. The Kier molecular flexibility index (Phi) is 5.91. The van der Waals surface area contributed by atoms with Gasteiger partial charge in [0.2, 0.25) is 0 Å². The summed E-state index contributed by atoms with van der Waals surface area (Å²) < 4.78 is 18.1. The van der Waals surface area contributed by atoms with Gasteiger partial charge in [0, 0.05) is 49.7 Å². The number of piperazine rings is 1. The van der Waals surface area contributed by atoms with Crippen molar-refractivity contribution in [1.29, 1.82) is 0 Å².